The summed E-state index contributed by atoms with van der Waals surface area (Å²) in [6.45, 7) is 5.05. The van der Waals surface area contributed by atoms with Crippen LogP contribution in [0.5, 0.6) is 0 Å². The predicted molar refractivity (Wildman–Crippen MR) is 61.3 cm³/mol. The van der Waals surface area contributed by atoms with Gasteiger partial charge in [0.15, 0.2) is 0 Å². The van der Waals surface area contributed by atoms with Crippen LogP contribution in [0, 0.1) is 0 Å². The zero-order valence-corrected chi connectivity index (χ0v) is 9.69. The molecule has 1 aliphatic heterocycles. The third-order valence-corrected chi connectivity index (χ3v) is 2.80. The first-order valence-corrected chi connectivity index (χ1v) is 5.84. The Kier molecular flexibility index (Phi) is 3.79. The number of nitrogens with zero attached hydrogens (tertiary/aromatic N) is 2. The van der Waals surface area contributed by atoms with Crippen LogP contribution in [0.15, 0.2) is 10.7 Å². The van der Waals surface area contributed by atoms with Crippen LogP contribution >= 0.6 is 0 Å². The molecule has 0 amide bonds. The second kappa shape index (κ2) is 5.32. The molecule has 0 aliphatic carbocycles. The summed E-state index contributed by atoms with van der Waals surface area (Å²) in [5, 5.41) is 0. The molecule has 1 aliphatic rings. The van der Waals surface area contributed by atoms with Gasteiger partial charge in [-0.2, -0.15) is 4.98 Å². The Hall–Kier alpha value is -1.07. The molecule has 1 aromatic heterocycles. The number of rotatable bonds is 4. The van der Waals surface area contributed by atoms with Gasteiger partial charge < -0.3 is 19.8 Å². The molecule has 90 valence electrons. The largest absolute Gasteiger partial charge is 0.432 e. The summed E-state index contributed by atoms with van der Waals surface area (Å²) >= 11 is 0. The quantitative estimate of drug-likeness (QED) is 0.832. The monoisotopic (exact) mass is 225 g/mol. The number of anilines is 1. The van der Waals surface area contributed by atoms with Crippen LogP contribution in [0.25, 0.3) is 0 Å². The number of aromatic nitrogens is 1. The van der Waals surface area contributed by atoms with Gasteiger partial charge in [0.2, 0.25) is 0 Å². The Morgan fingerprint density at radius 1 is 1.69 bits per heavy atom. The van der Waals surface area contributed by atoms with Crippen LogP contribution in [-0.4, -0.2) is 30.8 Å². The minimum atomic E-state index is 0.298. The maximum atomic E-state index is 5.63. The van der Waals surface area contributed by atoms with E-state index in [4.69, 9.17) is 14.9 Å². The van der Waals surface area contributed by atoms with Crippen molar-refractivity contribution in [1.82, 2.24) is 4.98 Å². The maximum absolute atomic E-state index is 5.63. The van der Waals surface area contributed by atoms with Gasteiger partial charge in [0.05, 0.1) is 11.8 Å². The molecule has 0 aromatic carbocycles. The SMILES string of the molecule is CCOC1CCCN(c2nc(CN)co2)C1. The zero-order chi connectivity index (χ0) is 11.4. The first kappa shape index (κ1) is 11.4. The number of hydrogen-bond acceptors (Lipinski definition) is 5. The van der Waals surface area contributed by atoms with Crippen LogP contribution in [-0.2, 0) is 11.3 Å². The van der Waals surface area contributed by atoms with Gasteiger partial charge in [-0.25, -0.2) is 0 Å². The Labute approximate surface area is 95.6 Å². The first-order valence-electron chi connectivity index (χ1n) is 5.84. The normalized spacial score (nSPS) is 21.4. The van der Waals surface area contributed by atoms with Crippen molar-refractivity contribution < 1.29 is 9.15 Å². The fourth-order valence-electron chi connectivity index (χ4n) is 2.02. The van der Waals surface area contributed by atoms with E-state index in [1.807, 2.05) is 6.92 Å². The number of oxazole rings is 1. The van der Waals surface area contributed by atoms with E-state index in [2.05, 4.69) is 9.88 Å². The highest BCUT2D eigenvalue weighted by Gasteiger charge is 2.23. The van der Waals surface area contributed by atoms with Gasteiger partial charge in [-0.1, -0.05) is 0 Å². The zero-order valence-electron chi connectivity index (χ0n) is 9.69. The van der Waals surface area contributed by atoms with Crippen LogP contribution in [0.3, 0.4) is 0 Å². The molecule has 5 nitrogen and oxygen atoms in total. The molecule has 1 unspecified atom stereocenters. The number of ether oxygens (including phenoxy) is 1. The average molecular weight is 225 g/mol. The Balaban J connectivity index is 1.98. The molecule has 1 atom stereocenters. The highest BCUT2D eigenvalue weighted by atomic mass is 16.5. The molecule has 2 N–H and O–H groups in total. The van der Waals surface area contributed by atoms with Gasteiger partial charge >= 0.3 is 0 Å². The van der Waals surface area contributed by atoms with Crippen molar-refractivity contribution in [3.63, 3.8) is 0 Å². The molecular weight excluding hydrogens is 206 g/mol. The van der Waals surface area contributed by atoms with Crippen molar-refractivity contribution in [3.8, 4) is 0 Å². The summed E-state index contributed by atoms with van der Waals surface area (Å²) in [7, 11) is 0. The van der Waals surface area contributed by atoms with Crippen molar-refractivity contribution in [2.75, 3.05) is 24.6 Å². The smallest absolute Gasteiger partial charge is 0.297 e. The lowest BCUT2D eigenvalue weighted by atomic mass is 10.1. The molecule has 0 radical (unpaired) electrons. The Morgan fingerprint density at radius 3 is 3.25 bits per heavy atom. The predicted octanol–water partition coefficient (Wildman–Crippen LogP) is 1.14. The fraction of sp³-hybridized carbons (Fsp3) is 0.727. The van der Waals surface area contributed by atoms with E-state index >= 15 is 0 Å². The summed E-state index contributed by atoms with van der Waals surface area (Å²) < 4.78 is 11.0. The molecule has 16 heavy (non-hydrogen) atoms. The molecule has 0 bridgehead atoms. The fourth-order valence-corrected chi connectivity index (χ4v) is 2.02. The molecular formula is C11H19N3O2. The van der Waals surface area contributed by atoms with Crippen molar-refractivity contribution in [2.45, 2.75) is 32.4 Å². The molecule has 1 aromatic rings. The van der Waals surface area contributed by atoms with Gasteiger partial charge in [0.1, 0.15) is 6.26 Å². The average Bonchev–Trinajstić information content (AvgIpc) is 2.78. The van der Waals surface area contributed by atoms with Crippen molar-refractivity contribution in [1.29, 1.82) is 0 Å². The summed E-state index contributed by atoms with van der Waals surface area (Å²) in [5.41, 5.74) is 6.30. The number of hydrogen-bond donors (Lipinski definition) is 1. The van der Waals surface area contributed by atoms with E-state index in [-0.39, 0.29) is 0 Å². The van der Waals surface area contributed by atoms with E-state index in [0.29, 0.717) is 18.7 Å². The minimum absolute atomic E-state index is 0.298. The van der Waals surface area contributed by atoms with Crippen molar-refractivity contribution in [3.05, 3.63) is 12.0 Å². The van der Waals surface area contributed by atoms with Gasteiger partial charge in [0, 0.05) is 26.2 Å². The summed E-state index contributed by atoms with van der Waals surface area (Å²) in [4.78, 5) is 6.45. The van der Waals surface area contributed by atoms with Crippen LogP contribution < -0.4 is 10.6 Å². The Morgan fingerprint density at radius 2 is 2.56 bits per heavy atom. The van der Waals surface area contributed by atoms with Gasteiger partial charge in [-0.05, 0) is 19.8 Å². The number of piperidine rings is 1. The van der Waals surface area contributed by atoms with Crippen LogP contribution in [0.1, 0.15) is 25.5 Å². The van der Waals surface area contributed by atoms with E-state index in [1.165, 1.54) is 0 Å². The van der Waals surface area contributed by atoms with Crippen LogP contribution in [0.2, 0.25) is 0 Å². The van der Waals surface area contributed by atoms with E-state index in [0.717, 1.165) is 38.2 Å². The Bertz CT molecular complexity index is 325. The minimum Gasteiger partial charge on any atom is -0.432 e. The molecule has 2 heterocycles. The van der Waals surface area contributed by atoms with Gasteiger partial charge in [-0.15, -0.1) is 0 Å². The van der Waals surface area contributed by atoms with Crippen LogP contribution in [0.4, 0.5) is 6.01 Å². The maximum Gasteiger partial charge on any atom is 0.297 e. The number of nitrogens with two attached hydrogens (primary N) is 1. The second-order valence-electron chi connectivity index (χ2n) is 3.99. The second-order valence-corrected chi connectivity index (χ2v) is 3.99. The molecule has 5 heteroatoms. The highest BCUT2D eigenvalue weighted by Crippen LogP contribution is 2.20. The topological polar surface area (TPSA) is 64.5 Å². The third kappa shape index (κ3) is 2.54. The first-order chi connectivity index (χ1) is 7.83. The molecule has 2 rings (SSSR count). The van der Waals surface area contributed by atoms with Crippen molar-refractivity contribution >= 4 is 6.01 Å². The summed E-state index contributed by atoms with van der Waals surface area (Å²) in [6, 6.07) is 0.671. The lowest BCUT2D eigenvalue weighted by Gasteiger charge is -2.31. The molecule has 0 saturated carbocycles. The van der Waals surface area contributed by atoms with Gasteiger partial charge in [-0.3, -0.25) is 0 Å². The third-order valence-electron chi connectivity index (χ3n) is 2.80. The standard InChI is InChI=1S/C11H19N3O2/c1-2-15-10-4-3-5-14(7-10)11-13-9(6-12)8-16-11/h8,10H,2-7,12H2,1H3. The summed E-state index contributed by atoms with van der Waals surface area (Å²) in [5.74, 6) is 0. The van der Waals surface area contributed by atoms with E-state index in [9.17, 15) is 0 Å². The highest BCUT2D eigenvalue weighted by molar-refractivity contribution is 5.28. The molecule has 1 fully saturated rings. The summed E-state index contributed by atoms with van der Waals surface area (Å²) in [6.07, 6.45) is 4.16. The van der Waals surface area contributed by atoms with E-state index < -0.39 is 0 Å². The lowest BCUT2D eigenvalue weighted by molar-refractivity contribution is 0.0516. The molecule has 0 spiro atoms. The van der Waals surface area contributed by atoms with Gasteiger partial charge in [0.25, 0.3) is 6.01 Å². The van der Waals surface area contributed by atoms with Crippen molar-refractivity contribution in [2.24, 2.45) is 5.73 Å². The lowest BCUT2D eigenvalue weighted by Crippen LogP contribution is -2.39. The van der Waals surface area contributed by atoms with E-state index in [1.54, 1.807) is 6.26 Å². The molecule has 1 saturated heterocycles.